The van der Waals surface area contributed by atoms with E-state index in [1.807, 2.05) is 30.3 Å². The SMILES string of the molecule is CNc1nc(C(=O)N(C)Cc2nnc(-c3ccccc3)o2)cs1. The minimum atomic E-state index is -0.192. The number of nitrogens with zero attached hydrogens (tertiary/aromatic N) is 4. The first-order valence-electron chi connectivity index (χ1n) is 6.94. The van der Waals surface area contributed by atoms with Gasteiger partial charge in [0.25, 0.3) is 5.91 Å². The fourth-order valence-corrected chi connectivity index (χ4v) is 2.62. The molecular formula is C15H15N5O2S. The van der Waals surface area contributed by atoms with E-state index < -0.39 is 0 Å². The summed E-state index contributed by atoms with van der Waals surface area (Å²) in [6.45, 7) is 0.227. The molecule has 7 nitrogen and oxygen atoms in total. The second-order valence-electron chi connectivity index (χ2n) is 4.82. The van der Waals surface area contributed by atoms with Crippen molar-refractivity contribution in [3.05, 3.63) is 47.3 Å². The molecule has 0 aliphatic carbocycles. The van der Waals surface area contributed by atoms with E-state index in [1.54, 1.807) is 19.5 Å². The van der Waals surface area contributed by atoms with Gasteiger partial charge >= 0.3 is 0 Å². The summed E-state index contributed by atoms with van der Waals surface area (Å²) in [5.41, 5.74) is 1.24. The lowest BCUT2D eigenvalue weighted by Gasteiger charge is -2.12. The zero-order valence-corrected chi connectivity index (χ0v) is 13.5. The number of anilines is 1. The van der Waals surface area contributed by atoms with Gasteiger partial charge in [-0.3, -0.25) is 4.79 Å². The van der Waals surface area contributed by atoms with E-state index in [0.717, 1.165) is 5.56 Å². The van der Waals surface area contributed by atoms with Crippen molar-refractivity contribution in [2.75, 3.05) is 19.4 Å². The van der Waals surface area contributed by atoms with Gasteiger partial charge in [0.05, 0.1) is 6.54 Å². The molecule has 3 aromatic rings. The Balaban J connectivity index is 1.69. The Morgan fingerprint density at radius 2 is 2.09 bits per heavy atom. The maximum absolute atomic E-state index is 12.3. The summed E-state index contributed by atoms with van der Waals surface area (Å²) in [6.07, 6.45) is 0. The van der Waals surface area contributed by atoms with Crippen LogP contribution in [0, 0.1) is 0 Å². The molecule has 118 valence electrons. The lowest BCUT2D eigenvalue weighted by atomic mass is 10.2. The summed E-state index contributed by atoms with van der Waals surface area (Å²) < 4.78 is 5.61. The first-order chi connectivity index (χ1) is 11.2. The summed E-state index contributed by atoms with van der Waals surface area (Å²) in [6, 6.07) is 9.49. The van der Waals surface area contributed by atoms with Crippen LogP contribution in [0.3, 0.4) is 0 Å². The summed E-state index contributed by atoms with van der Waals surface area (Å²) in [7, 11) is 3.44. The first-order valence-corrected chi connectivity index (χ1v) is 7.82. The van der Waals surface area contributed by atoms with E-state index in [-0.39, 0.29) is 12.5 Å². The van der Waals surface area contributed by atoms with Crippen molar-refractivity contribution in [2.45, 2.75) is 6.54 Å². The van der Waals surface area contributed by atoms with Gasteiger partial charge in [-0.15, -0.1) is 21.5 Å². The smallest absolute Gasteiger partial charge is 0.273 e. The third kappa shape index (κ3) is 3.37. The zero-order chi connectivity index (χ0) is 16.2. The minimum absolute atomic E-state index is 0.192. The molecule has 0 radical (unpaired) electrons. The number of carbonyl (C=O) groups is 1. The molecule has 0 bridgehead atoms. The van der Waals surface area contributed by atoms with Crippen LogP contribution in [-0.4, -0.2) is 40.1 Å². The molecule has 2 aromatic heterocycles. The molecule has 0 saturated heterocycles. The van der Waals surface area contributed by atoms with Gasteiger partial charge < -0.3 is 14.6 Å². The topological polar surface area (TPSA) is 84.2 Å². The van der Waals surface area contributed by atoms with Crippen LogP contribution in [0.25, 0.3) is 11.5 Å². The predicted molar refractivity (Wildman–Crippen MR) is 87.2 cm³/mol. The summed E-state index contributed by atoms with van der Waals surface area (Å²) >= 11 is 1.38. The molecule has 1 amide bonds. The molecule has 0 unspecified atom stereocenters. The highest BCUT2D eigenvalue weighted by atomic mass is 32.1. The summed E-state index contributed by atoms with van der Waals surface area (Å²) in [5, 5.41) is 13.3. The average Bonchev–Trinajstić information content (AvgIpc) is 3.24. The Kier molecular flexibility index (Phi) is 4.33. The molecular weight excluding hydrogens is 314 g/mol. The van der Waals surface area contributed by atoms with Gasteiger partial charge in [0.15, 0.2) is 5.13 Å². The molecule has 1 aromatic carbocycles. The maximum Gasteiger partial charge on any atom is 0.273 e. The lowest BCUT2D eigenvalue weighted by Crippen LogP contribution is -2.26. The van der Waals surface area contributed by atoms with Crippen molar-refractivity contribution >= 4 is 22.4 Å². The number of aromatic nitrogens is 3. The normalized spacial score (nSPS) is 10.5. The molecule has 0 spiro atoms. The Bertz CT molecular complexity index is 799. The van der Waals surface area contributed by atoms with Crippen LogP contribution >= 0.6 is 11.3 Å². The van der Waals surface area contributed by atoms with Crippen molar-refractivity contribution in [2.24, 2.45) is 0 Å². The van der Waals surface area contributed by atoms with Crippen LogP contribution in [0.4, 0.5) is 5.13 Å². The molecule has 0 saturated carbocycles. The third-order valence-electron chi connectivity index (χ3n) is 3.14. The largest absolute Gasteiger partial charge is 0.419 e. The van der Waals surface area contributed by atoms with Gasteiger partial charge in [-0.05, 0) is 12.1 Å². The molecule has 0 aliphatic rings. The molecule has 23 heavy (non-hydrogen) atoms. The Morgan fingerprint density at radius 3 is 2.78 bits per heavy atom. The molecule has 0 atom stereocenters. The first kappa shape index (κ1) is 15.2. The highest BCUT2D eigenvalue weighted by molar-refractivity contribution is 7.13. The van der Waals surface area contributed by atoms with Crippen LogP contribution < -0.4 is 5.32 Å². The highest BCUT2D eigenvalue weighted by Crippen LogP contribution is 2.19. The zero-order valence-electron chi connectivity index (χ0n) is 12.7. The van der Waals surface area contributed by atoms with Crippen LogP contribution in [0.2, 0.25) is 0 Å². The molecule has 1 N–H and O–H groups in total. The fraction of sp³-hybridized carbons (Fsp3) is 0.200. The fourth-order valence-electron chi connectivity index (χ4n) is 1.97. The Morgan fingerprint density at radius 1 is 1.30 bits per heavy atom. The van der Waals surface area contributed by atoms with Crippen molar-refractivity contribution in [1.29, 1.82) is 0 Å². The van der Waals surface area contributed by atoms with Gasteiger partial charge in [-0.1, -0.05) is 18.2 Å². The quantitative estimate of drug-likeness (QED) is 0.774. The van der Waals surface area contributed by atoms with Crippen molar-refractivity contribution < 1.29 is 9.21 Å². The number of rotatable bonds is 5. The van der Waals surface area contributed by atoms with Gasteiger partial charge in [0, 0.05) is 25.0 Å². The monoisotopic (exact) mass is 329 g/mol. The van der Waals surface area contributed by atoms with Gasteiger partial charge in [0.1, 0.15) is 5.69 Å². The Labute approximate surface area is 137 Å². The van der Waals surface area contributed by atoms with Crippen LogP contribution in [-0.2, 0) is 6.54 Å². The molecule has 0 aliphatic heterocycles. The molecule has 3 rings (SSSR count). The summed E-state index contributed by atoms with van der Waals surface area (Å²) in [5.74, 6) is 0.624. The maximum atomic E-state index is 12.3. The van der Waals surface area contributed by atoms with E-state index >= 15 is 0 Å². The van der Waals surface area contributed by atoms with Gasteiger partial charge in [0.2, 0.25) is 11.8 Å². The second kappa shape index (κ2) is 6.57. The summed E-state index contributed by atoms with van der Waals surface area (Å²) in [4.78, 5) is 18.0. The molecule has 2 heterocycles. The number of benzene rings is 1. The van der Waals surface area contributed by atoms with E-state index in [2.05, 4.69) is 20.5 Å². The molecule has 0 fully saturated rings. The van der Waals surface area contributed by atoms with Crippen molar-refractivity contribution in [1.82, 2.24) is 20.1 Å². The highest BCUT2D eigenvalue weighted by Gasteiger charge is 2.18. The lowest BCUT2D eigenvalue weighted by molar-refractivity contribution is 0.0768. The molecule has 8 heteroatoms. The van der Waals surface area contributed by atoms with Crippen molar-refractivity contribution in [3.8, 4) is 11.5 Å². The van der Waals surface area contributed by atoms with Crippen LogP contribution in [0.5, 0.6) is 0 Å². The Hall–Kier alpha value is -2.74. The van der Waals surface area contributed by atoms with E-state index in [1.165, 1.54) is 16.2 Å². The van der Waals surface area contributed by atoms with Crippen LogP contribution in [0.1, 0.15) is 16.4 Å². The van der Waals surface area contributed by atoms with Gasteiger partial charge in [-0.25, -0.2) is 4.98 Å². The minimum Gasteiger partial charge on any atom is -0.419 e. The number of hydrogen-bond acceptors (Lipinski definition) is 7. The number of carbonyl (C=O) groups excluding carboxylic acids is 1. The standard InChI is InChI=1S/C15H15N5O2S/c1-16-15-17-11(9-23-15)14(21)20(2)8-12-18-19-13(22-12)10-6-4-3-5-7-10/h3-7,9H,8H2,1-2H3,(H,16,17). The predicted octanol–water partition coefficient (Wildman–Crippen LogP) is 2.51. The second-order valence-corrected chi connectivity index (χ2v) is 5.67. The number of amides is 1. The van der Waals surface area contributed by atoms with Crippen molar-refractivity contribution in [3.63, 3.8) is 0 Å². The van der Waals surface area contributed by atoms with E-state index in [0.29, 0.717) is 22.6 Å². The number of nitrogens with one attached hydrogen (secondary N) is 1. The van der Waals surface area contributed by atoms with Gasteiger partial charge in [-0.2, -0.15) is 0 Å². The average molecular weight is 329 g/mol. The van der Waals surface area contributed by atoms with E-state index in [4.69, 9.17) is 4.42 Å². The van der Waals surface area contributed by atoms with Crippen LogP contribution in [0.15, 0.2) is 40.1 Å². The van der Waals surface area contributed by atoms with E-state index in [9.17, 15) is 4.79 Å². The third-order valence-corrected chi connectivity index (χ3v) is 4.00. The number of hydrogen-bond donors (Lipinski definition) is 1. The number of thiazole rings is 1.